The summed E-state index contributed by atoms with van der Waals surface area (Å²) in [6, 6.07) is 5.88. The number of methoxy groups -OCH3 is 1. The summed E-state index contributed by atoms with van der Waals surface area (Å²) in [7, 11) is -2.08. The smallest absolute Gasteiger partial charge is 0.497 e. The summed E-state index contributed by atoms with van der Waals surface area (Å²) >= 11 is 0. The van der Waals surface area contributed by atoms with Crippen LogP contribution in [-0.4, -0.2) is 15.5 Å². The normalized spacial score (nSPS) is 10.3. The van der Waals surface area contributed by atoms with Crippen LogP contribution in [0.25, 0.3) is 0 Å². The average Bonchev–Trinajstić information content (AvgIpc) is 2.03. The number of rotatable bonds is 2. The van der Waals surface area contributed by atoms with Crippen LogP contribution in [0.5, 0.6) is 5.75 Å². The Morgan fingerprint density at radius 1 is 1.23 bits per heavy atom. The first-order valence-corrected chi connectivity index (χ1v) is 4.75. The fourth-order valence-corrected chi connectivity index (χ4v) is 1.28. The Bertz CT molecular complexity index is 360. The first kappa shape index (κ1) is 12.9. The van der Waals surface area contributed by atoms with Crippen LogP contribution in [0.1, 0.15) is 0 Å². The second-order valence-corrected chi connectivity index (χ2v) is 3.78. The van der Waals surface area contributed by atoms with Crippen LogP contribution < -0.4 is 39.4 Å². The van der Waals surface area contributed by atoms with Crippen LogP contribution in [0.4, 0.5) is 0 Å². The molecular formula is C7H9NNaO3S+. The predicted molar refractivity (Wildman–Crippen MR) is 44.4 cm³/mol. The Labute approximate surface area is 99.4 Å². The average molecular weight is 210 g/mol. The molecule has 4 nitrogen and oxygen atoms in total. The van der Waals surface area contributed by atoms with Crippen molar-refractivity contribution in [2.24, 2.45) is 5.14 Å². The number of hydrogen-bond donors (Lipinski definition) is 1. The molecule has 0 saturated carbocycles. The third kappa shape index (κ3) is 3.66. The van der Waals surface area contributed by atoms with E-state index in [-0.39, 0.29) is 34.5 Å². The van der Waals surface area contributed by atoms with Crippen LogP contribution in [0.2, 0.25) is 0 Å². The standard InChI is InChI=1S/C7H9NO3S.Na/c1-11-6-2-4-7(5-3-6)12(8,9)10;/h2-5H,1H3,(H2,8,9,10);/q;+1. The Morgan fingerprint density at radius 2 is 1.69 bits per heavy atom. The Kier molecular flexibility index (Phi) is 4.95. The maximum absolute atomic E-state index is 10.8. The van der Waals surface area contributed by atoms with E-state index in [4.69, 9.17) is 9.88 Å². The van der Waals surface area contributed by atoms with Gasteiger partial charge in [-0.25, -0.2) is 13.6 Å². The van der Waals surface area contributed by atoms with Gasteiger partial charge in [-0.2, -0.15) is 0 Å². The zero-order valence-electron chi connectivity index (χ0n) is 7.52. The molecule has 2 N–H and O–H groups in total. The molecule has 1 aromatic rings. The van der Waals surface area contributed by atoms with Crippen LogP contribution >= 0.6 is 0 Å². The summed E-state index contributed by atoms with van der Waals surface area (Å²) in [5, 5.41) is 4.88. The SMILES string of the molecule is COc1ccc(S(N)(=O)=O)cc1.[Na+]. The van der Waals surface area contributed by atoms with E-state index in [1.165, 1.54) is 19.2 Å². The summed E-state index contributed by atoms with van der Waals surface area (Å²) < 4.78 is 26.4. The second kappa shape index (κ2) is 4.97. The Morgan fingerprint density at radius 3 is 2.00 bits per heavy atom. The van der Waals surface area contributed by atoms with Crippen molar-refractivity contribution in [1.29, 1.82) is 0 Å². The van der Waals surface area contributed by atoms with E-state index in [1.807, 2.05) is 0 Å². The van der Waals surface area contributed by atoms with Crippen molar-refractivity contribution in [2.45, 2.75) is 4.90 Å². The molecule has 0 amide bonds. The van der Waals surface area contributed by atoms with Crippen molar-refractivity contribution in [1.82, 2.24) is 0 Å². The molecule has 0 aliphatic rings. The predicted octanol–water partition coefficient (Wildman–Crippen LogP) is -2.65. The second-order valence-electron chi connectivity index (χ2n) is 2.22. The molecule has 0 fully saturated rings. The van der Waals surface area contributed by atoms with Crippen molar-refractivity contribution < 1.29 is 42.7 Å². The fourth-order valence-electron chi connectivity index (χ4n) is 0.765. The van der Waals surface area contributed by atoms with Gasteiger partial charge in [0.2, 0.25) is 10.0 Å². The molecule has 0 aromatic heterocycles. The van der Waals surface area contributed by atoms with Gasteiger partial charge < -0.3 is 4.74 Å². The Balaban J connectivity index is 0.00000144. The molecule has 0 aliphatic heterocycles. The molecule has 0 atom stereocenters. The topological polar surface area (TPSA) is 69.4 Å². The van der Waals surface area contributed by atoms with Gasteiger partial charge in [0.25, 0.3) is 0 Å². The number of primary sulfonamides is 1. The molecule has 6 heteroatoms. The minimum Gasteiger partial charge on any atom is -0.497 e. The van der Waals surface area contributed by atoms with Crippen molar-refractivity contribution in [3.63, 3.8) is 0 Å². The molecule has 0 heterocycles. The summed E-state index contributed by atoms with van der Waals surface area (Å²) in [4.78, 5) is 0.0864. The monoisotopic (exact) mass is 210 g/mol. The van der Waals surface area contributed by atoms with E-state index < -0.39 is 10.0 Å². The Hall–Kier alpha value is -0.0700. The van der Waals surface area contributed by atoms with Gasteiger partial charge in [0.15, 0.2) is 0 Å². The number of nitrogens with two attached hydrogens (primary N) is 1. The van der Waals surface area contributed by atoms with E-state index in [0.29, 0.717) is 5.75 Å². The molecule has 1 aromatic carbocycles. The molecule has 0 bridgehead atoms. The largest absolute Gasteiger partial charge is 1.00 e. The van der Waals surface area contributed by atoms with E-state index >= 15 is 0 Å². The number of hydrogen-bond acceptors (Lipinski definition) is 3. The van der Waals surface area contributed by atoms with Gasteiger partial charge in [0.1, 0.15) is 5.75 Å². The summed E-state index contributed by atoms with van der Waals surface area (Å²) in [5.74, 6) is 0.599. The third-order valence-electron chi connectivity index (χ3n) is 1.39. The number of benzene rings is 1. The van der Waals surface area contributed by atoms with Gasteiger partial charge in [-0.05, 0) is 24.3 Å². The van der Waals surface area contributed by atoms with Gasteiger partial charge in [-0.15, -0.1) is 0 Å². The molecule has 0 radical (unpaired) electrons. The van der Waals surface area contributed by atoms with Crippen molar-refractivity contribution in [2.75, 3.05) is 7.11 Å². The maximum atomic E-state index is 10.8. The third-order valence-corrected chi connectivity index (χ3v) is 2.32. The van der Waals surface area contributed by atoms with Gasteiger partial charge in [0.05, 0.1) is 12.0 Å². The summed E-state index contributed by atoms with van der Waals surface area (Å²) in [5.41, 5.74) is 0. The molecule has 66 valence electrons. The van der Waals surface area contributed by atoms with E-state index in [9.17, 15) is 8.42 Å². The van der Waals surface area contributed by atoms with Crippen molar-refractivity contribution in [3.05, 3.63) is 24.3 Å². The zero-order valence-corrected chi connectivity index (χ0v) is 10.3. The van der Waals surface area contributed by atoms with Crippen LogP contribution in [0, 0.1) is 0 Å². The van der Waals surface area contributed by atoms with Crippen LogP contribution in [-0.2, 0) is 10.0 Å². The molecular weight excluding hydrogens is 201 g/mol. The first-order valence-electron chi connectivity index (χ1n) is 3.21. The van der Waals surface area contributed by atoms with Crippen molar-refractivity contribution >= 4 is 10.0 Å². The first-order chi connectivity index (χ1) is 5.54. The molecule has 13 heavy (non-hydrogen) atoms. The number of ether oxygens (including phenoxy) is 1. The number of sulfonamides is 1. The van der Waals surface area contributed by atoms with Crippen LogP contribution in [0.15, 0.2) is 29.2 Å². The summed E-state index contributed by atoms with van der Waals surface area (Å²) in [6.07, 6.45) is 0. The molecule has 0 spiro atoms. The molecule has 1 rings (SSSR count). The fraction of sp³-hybridized carbons (Fsp3) is 0.143. The minimum atomic E-state index is -3.58. The zero-order chi connectivity index (χ0) is 9.19. The maximum Gasteiger partial charge on any atom is 1.00 e. The minimum absolute atomic E-state index is 0. The molecule has 0 aliphatic carbocycles. The van der Waals surface area contributed by atoms with E-state index in [0.717, 1.165) is 0 Å². The van der Waals surface area contributed by atoms with Crippen LogP contribution in [0.3, 0.4) is 0 Å². The van der Waals surface area contributed by atoms with Crippen molar-refractivity contribution in [3.8, 4) is 5.75 Å². The van der Waals surface area contributed by atoms with Gasteiger partial charge in [-0.1, -0.05) is 0 Å². The van der Waals surface area contributed by atoms with Gasteiger partial charge in [-0.3, -0.25) is 0 Å². The van der Waals surface area contributed by atoms with Gasteiger partial charge >= 0.3 is 29.6 Å². The van der Waals surface area contributed by atoms with Gasteiger partial charge in [0, 0.05) is 0 Å². The molecule has 0 unspecified atom stereocenters. The summed E-state index contributed by atoms with van der Waals surface area (Å²) in [6.45, 7) is 0. The van der Waals surface area contributed by atoms with E-state index in [2.05, 4.69) is 0 Å². The molecule has 0 saturated heterocycles. The quantitative estimate of drug-likeness (QED) is 0.542. The van der Waals surface area contributed by atoms with E-state index in [1.54, 1.807) is 12.1 Å².